The molecule has 1 aliphatic heterocycles. The fourth-order valence-corrected chi connectivity index (χ4v) is 9.22. The van der Waals surface area contributed by atoms with Crippen LogP contribution in [0.2, 0.25) is 0 Å². The minimum Gasteiger partial charge on any atom is -0.275 e. The Morgan fingerprint density at radius 2 is 1.00 bits per heavy atom. The second kappa shape index (κ2) is 15.2. The minimum atomic E-state index is -0.401. The van der Waals surface area contributed by atoms with Gasteiger partial charge in [0.15, 0.2) is 5.65 Å². The molecule has 8 rings (SSSR count). The topological polar surface area (TPSA) is 38.4 Å². The molecular weight excluding hydrogens is 707 g/mol. The molecule has 296 valence electrons. The van der Waals surface area contributed by atoms with Gasteiger partial charge in [-0.2, -0.15) is 0 Å². The van der Waals surface area contributed by atoms with Gasteiger partial charge in [0.2, 0.25) is 5.62 Å². The second-order valence-electron chi connectivity index (χ2n) is 17.9. The summed E-state index contributed by atoms with van der Waals surface area (Å²) >= 11 is 0. The highest BCUT2D eigenvalue weighted by Crippen LogP contribution is 2.52. The summed E-state index contributed by atoms with van der Waals surface area (Å²) in [4.78, 5) is 5.27. The van der Waals surface area contributed by atoms with Crippen LogP contribution in [0.15, 0.2) is 133 Å². The van der Waals surface area contributed by atoms with E-state index in [0.29, 0.717) is 5.92 Å². The standard InChI is InChI=1S/C53H59N5/c1-33(2)38-31-42(36(7)8)50(43(32-38)37(9)10)56-48-29-20-30-54-51(48)57(49-40(34(3)4)23-19-24-41(49)35(5)6)52(56)55-58-46-27-17-15-25-44(46)53(11,39-21-13-12-14-22-39)45-26-16-18-28-47(45)58/h12-37H,1-11H3/b55-52+. The molecule has 1 aliphatic rings. The Morgan fingerprint density at radius 1 is 0.500 bits per heavy atom. The molecule has 5 aromatic carbocycles. The van der Waals surface area contributed by atoms with Crippen molar-refractivity contribution in [1.82, 2.24) is 14.1 Å². The van der Waals surface area contributed by atoms with Crippen LogP contribution in [0, 0.1) is 0 Å². The van der Waals surface area contributed by atoms with Crippen LogP contribution in [-0.4, -0.2) is 14.1 Å². The number of imidazole rings is 1. The van der Waals surface area contributed by atoms with Crippen molar-refractivity contribution in [2.45, 2.75) is 111 Å². The van der Waals surface area contributed by atoms with Crippen LogP contribution >= 0.6 is 0 Å². The summed E-state index contributed by atoms with van der Waals surface area (Å²) in [6.45, 7) is 25.5. The Kier molecular flexibility index (Phi) is 10.3. The fraction of sp³-hybridized carbons (Fsp3) is 0.321. The monoisotopic (exact) mass is 765 g/mol. The number of para-hydroxylation sites is 3. The van der Waals surface area contributed by atoms with E-state index in [9.17, 15) is 0 Å². The molecule has 0 bridgehead atoms. The largest absolute Gasteiger partial charge is 0.275 e. The maximum atomic E-state index is 6.03. The average molecular weight is 766 g/mol. The highest BCUT2D eigenvalue weighted by atomic mass is 15.5. The van der Waals surface area contributed by atoms with E-state index in [1.54, 1.807) is 0 Å². The Morgan fingerprint density at radius 3 is 1.52 bits per heavy atom. The first-order chi connectivity index (χ1) is 27.8. The SMILES string of the molecule is CC(C)c1cc(C(C)C)c(-n2/c(=N\N3c4ccccc4C(C)(c4ccccc4)c4ccccc43)n(-c3c(C(C)C)cccc3C(C)C)c3ncccc32)c(C(C)C)c1. The average Bonchev–Trinajstić information content (AvgIpc) is 3.54. The van der Waals surface area contributed by atoms with Crippen molar-refractivity contribution in [3.8, 4) is 11.4 Å². The van der Waals surface area contributed by atoms with Gasteiger partial charge >= 0.3 is 0 Å². The molecule has 0 atom stereocenters. The van der Waals surface area contributed by atoms with Gasteiger partial charge in [-0.1, -0.05) is 166 Å². The summed E-state index contributed by atoms with van der Waals surface area (Å²) in [6, 6.07) is 44.6. The third kappa shape index (κ3) is 6.31. The van der Waals surface area contributed by atoms with Gasteiger partial charge in [-0.05, 0) is 105 Å². The lowest BCUT2D eigenvalue weighted by atomic mass is 9.68. The third-order valence-corrected chi connectivity index (χ3v) is 12.4. The van der Waals surface area contributed by atoms with E-state index in [0.717, 1.165) is 33.8 Å². The van der Waals surface area contributed by atoms with E-state index in [4.69, 9.17) is 10.1 Å². The second-order valence-corrected chi connectivity index (χ2v) is 17.9. The molecular formula is C53H59N5. The normalized spacial score (nSPS) is 14.1. The molecule has 0 saturated heterocycles. The first-order valence-electron chi connectivity index (χ1n) is 21.3. The molecule has 0 saturated carbocycles. The number of hydrogen-bond acceptors (Lipinski definition) is 3. The molecule has 0 fully saturated rings. The first kappa shape index (κ1) is 39.2. The van der Waals surface area contributed by atoms with Crippen LogP contribution in [0.25, 0.3) is 22.5 Å². The summed E-state index contributed by atoms with van der Waals surface area (Å²) in [7, 11) is 0. The summed E-state index contributed by atoms with van der Waals surface area (Å²) in [5.74, 6) is 1.45. The van der Waals surface area contributed by atoms with E-state index < -0.39 is 5.41 Å². The number of hydrogen-bond donors (Lipinski definition) is 0. The number of aromatic nitrogens is 3. The fourth-order valence-electron chi connectivity index (χ4n) is 9.22. The van der Waals surface area contributed by atoms with Crippen LogP contribution < -0.4 is 10.6 Å². The van der Waals surface area contributed by atoms with Crippen molar-refractivity contribution in [3.05, 3.63) is 178 Å². The van der Waals surface area contributed by atoms with Crippen LogP contribution in [-0.2, 0) is 5.41 Å². The summed E-state index contributed by atoms with van der Waals surface area (Å²) in [5.41, 5.74) is 17.1. The van der Waals surface area contributed by atoms with Crippen molar-refractivity contribution < 1.29 is 0 Å². The van der Waals surface area contributed by atoms with Gasteiger partial charge in [0, 0.05) is 11.6 Å². The maximum Gasteiger partial charge on any atom is 0.239 e. The quantitative estimate of drug-likeness (QED) is 0.147. The number of rotatable bonds is 9. The molecule has 5 nitrogen and oxygen atoms in total. The van der Waals surface area contributed by atoms with Crippen molar-refractivity contribution in [3.63, 3.8) is 0 Å². The summed E-state index contributed by atoms with van der Waals surface area (Å²) in [6.07, 6.45) is 1.94. The molecule has 58 heavy (non-hydrogen) atoms. The molecule has 5 heteroatoms. The highest BCUT2D eigenvalue weighted by molar-refractivity contribution is 5.81. The van der Waals surface area contributed by atoms with Gasteiger partial charge in [-0.15, -0.1) is 5.10 Å². The van der Waals surface area contributed by atoms with Crippen LogP contribution in [0.5, 0.6) is 0 Å². The number of nitrogens with zero attached hydrogens (tertiary/aromatic N) is 5. The number of pyridine rings is 1. The Bertz CT molecular complexity index is 2590. The summed E-state index contributed by atoms with van der Waals surface area (Å²) in [5, 5.41) is 8.25. The van der Waals surface area contributed by atoms with Crippen molar-refractivity contribution in [2.24, 2.45) is 5.10 Å². The lowest BCUT2D eigenvalue weighted by Crippen LogP contribution is -2.37. The zero-order chi connectivity index (χ0) is 41.0. The Hall–Kier alpha value is -5.68. The lowest BCUT2D eigenvalue weighted by Gasteiger charge is -2.42. The highest BCUT2D eigenvalue weighted by Gasteiger charge is 2.41. The van der Waals surface area contributed by atoms with Crippen LogP contribution in [0.3, 0.4) is 0 Å². The Balaban J connectivity index is 1.61. The van der Waals surface area contributed by atoms with Crippen molar-refractivity contribution >= 4 is 22.5 Å². The van der Waals surface area contributed by atoms with Crippen LogP contribution in [0.4, 0.5) is 11.4 Å². The van der Waals surface area contributed by atoms with E-state index in [2.05, 4.69) is 212 Å². The lowest BCUT2D eigenvalue weighted by molar-refractivity contribution is 0.667. The molecule has 0 spiro atoms. The molecule has 2 aromatic heterocycles. The van der Waals surface area contributed by atoms with Gasteiger partial charge in [-0.25, -0.2) is 9.99 Å². The molecule has 7 aromatic rings. The van der Waals surface area contributed by atoms with Crippen LogP contribution in [0.1, 0.15) is 150 Å². The molecule has 0 amide bonds. The van der Waals surface area contributed by atoms with E-state index >= 15 is 0 Å². The van der Waals surface area contributed by atoms with Gasteiger partial charge in [0.05, 0.1) is 28.3 Å². The smallest absolute Gasteiger partial charge is 0.239 e. The van der Waals surface area contributed by atoms with E-state index in [-0.39, 0.29) is 23.7 Å². The number of fused-ring (bicyclic) bond motifs is 3. The summed E-state index contributed by atoms with van der Waals surface area (Å²) < 4.78 is 4.84. The number of anilines is 2. The molecule has 0 aliphatic carbocycles. The number of benzene rings is 5. The van der Waals surface area contributed by atoms with Gasteiger partial charge < -0.3 is 0 Å². The van der Waals surface area contributed by atoms with E-state index in [1.165, 1.54) is 50.2 Å². The minimum absolute atomic E-state index is 0.263. The van der Waals surface area contributed by atoms with E-state index in [1.807, 2.05) is 6.20 Å². The van der Waals surface area contributed by atoms with Gasteiger partial charge in [0.25, 0.3) is 0 Å². The zero-order valence-corrected chi connectivity index (χ0v) is 36.2. The van der Waals surface area contributed by atoms with Gasteiger partial charge in [-0.3, -0.25) is 9.13 Å². The van der Waals surface area contributed by atoms with Gasteiger partial charge in [0.1, 0.15) is 0 Å². The molecule has 0 N–H and O–H groups in total. The van der Waals surface area contributed by atoms with Crippen molar-refractivity contribution in [2.75, 3.05) is 5.01 Å². The molecule has 3 heterocycles. The molecule has 0 unspecified atom stereocenters. The van der Waals surface area contributed by atoms with Crippen molar-refractivity contribution in [1.29, 1.82) is 0 Å². The third-order valence-electron chi connectivity index (χ3n) is 12.4. The first-order valence-corrected chi connectivity index (χ1v) is 21.3. The predicted octanol–water partition coefficient (Wildman–Crippen LogP) is 13.8. The predicted molar refractivity (Wildman–Crippen MR) is 243 cm³/mol. The Labute approximate surface area is 345 Å². The maximum absolute atomic E-state index is 6.03. The molecule has 0 radical (unpaired) electrons. The zero-order valence-electron chi connectivity index (χ0n) is 36.2.